The number of hydroxylamine groups is 2. The van der Waals surface area contributed by atoms with Gasteiger partial charge in [-0.15, -0.1) is 5.06 Å². The minimum Gasteiger partial charge on any atom is -0.497 e. The number of methoxy groups -OCH3 is 1. The van der Waals surface area contributed by atoms with Crippen molar-refractivity contribution < 1.29 is 23.9 Å². The van der Waals surface area contributed by atoms with E-state index in [0.29, 0.717) is 22.6 Å². The molecular formula is C22H16ClN3O5. The number of hydrogen-bond donors (Lipinski definition) is 1. The minimum atomic E-state index is -0.591. The summed E-state index contributed by atoms with van der Waals surface area (Å²) in [6, 6.07) is 11.2. The highest BCUT2D eigenvalue weighted by atomic mass is 35.5. The Hall–Kier alpha value is -3.91. The molecule has 4 rings (SSSR count). The van der Waals surface area contributed by atoms with Gasteiger partial charge in [-0.25, -0.2) is 4.79 Å². The summed E-state index contributed by atoms with van der Waals surface area (Å²) in [5, 5.41) is 9.59. The van der Waals surface area contributed by atoms with E-state index < -0.39 is 11.9 Å². The molecule has 0 saturated carbocycles. The lowest BCUT2D eigenvalue weighted by molar-refractivity contribution is -0.114. The summed E-state index contributed by atoms with van der Waals surface area (Å²) in [7, 11) is 1.50. The predicted octanol–water partition coefficient (Wildman–Crippen LogP) is 4.02. The molecule has 0 aromatic heterocycles. The average Bonchev–Trinajstić information content (AvgIpc) is 3.13. The summed E-state index contributed by atoms with van der Waals surface area (Å²) in [5.41, 5.74) is 0.886. The van der Waals surface area contributed by atoms with Gasteiger partial charge in [0.2, 0.25) is 0 Å². The topological polar surface area (TPSA) is 101 Å². The Kier molecular flexibility index (Phi) is 5.31. The lowest BCUT2D eigenvalue weighted by Gasteiger charge is -2.23. The molecule has 2 aromatic rings. The number of allylic oxidation sites excluding steroid dienone is 1. The maximum absolute atomic E-state index is 12.4. The number of amidine groups is 2. The second-order valence-corrected chi connectivity index (χ2v) is 7.04. The highest BCUT2D eigenvalue weighted by Crippen LogP contribution is 2.29. The Balaban J connectivity index is 1.55. The fourth-order valence-corrected chi connectivity index (χ4v) is 3.19. The third-order valence-electron chi connectivity index (χ3n) is 4.46. The minimum absolute atomic E-state index is 0.0454. The standard InChI is InChI=1S/C22H16ClN3O5/c1-12-8-19-25-21(27)16(20(24)26(19)31-12)9-13-6-7-18(17(23)10-13)30-22(28)14-4-3-5-15(11-14)29-2/h3-11,24H,1-2H3/b16-9-,24-20?. The SMILES string of the molecule is COc1cccc(C(=O)Oc2ccc(/C=C3/C(=N)N4OC(C)=CC4=NC3=O)cc2Cl)c1. The van der Waals surface area contributed by atoms with Crippen molar-refractivity contribution in [1.29, 1.82) is 5.41 Å². The van der Waals surface area contributed by atoms with Crippen molar-refractivity contribution in [2.45, 2.75) is 6.92 Å². The molecule has 9 heteroatoms. The van der Waals surface area contributed by atoms with Crippen LogP contribution in [0.1, 0.15) is 22.8 Å². The van der Waals surface area contributed by atoms with Gasteiger partial charge in [0.25, 0.3) is 5.91 Å². The van der Waals surface area contributed by atoms with Gasteiger partial charge in [-0.2, -0.15) is 4.99 Å². The van der Waals surface area contributed by atoms with Crippen LogP contribution >= 0.6 is 11.6 Å². The normalized spacial score (nSPS) is 16.5. The first-order chi connectivity index (χ1) is 14.9. The van der Waals surface area contributed by atoms with Crippen molar-refractivity contribution in [1.82, 2.24) is 5.06 Å². The molecular weight excluding hydrogens is 422 g/mol. The summed E-state index contributed by atoms with van der Waals surface area (Å²) in [6.07, 6.45) is 3.05. The second kappa shape index (κ2) is 8.08. The van der Waals surface area contributed by atoms with Crippen LogP contribution in [0.15, 0.2) is 64.9 Å². The van der Waals surface area contributed by atoms with E-state index in [9.17, 15) is 9.59 Å². The third kappa shape index (κ3) is 4.06. The van der Waals surface area contributed by atoms with Gasteiger partial charge in [-0.05, 0) is 48.9 Å². The average molecular weight is 438 g/mol. The zero-order chi connectivity index (χ0) is 22.1. The smallest absolute Gasteiger partial charge is 0.343 e. The highest BCUT2D eigenvalue weighted by Gasteiger charge is 2.34. The zero-order valence-corrected chi connectivity index (χ0v) is 17.3. The van der Waals surface area contributed by atoms with Gasteiger partial charge in [0, 0.05) is 6.08 Å². The van der Waals surface area contributed by atoms with Crippen molar-refractivity contribution in [3.8, 4) is 11.5 Å². The van der Waals surface area contributed by atoms with E-state index in [0.717, 1.165) is 0 Å². The number of ether oxygens (including phenoxy) is 2. The summed E-state index contributed by atoms with van der Waals surface area (Å²) >= 11 is 6.28. The third-order valence-corrected chi connectivity index (χ3v) is 4.75. The summed E-state index contributed by atoms with van der Waals surface area (Å²) < 4.78 is 10.5. The van der Waals surface area contributed by atoms with Crippen LogP contribution in [0, 0.1) is 5.41 Å². The summed E-state index contributed by atoms with van der Waals surface area (Å²) in [4.78, 5) is 34.1. The summed E-state index contributed by atoms with van der Waals surface area (Å²) in [6.45, 7) is 1.70. The van der Waals surface area contributed by atoms with Crippen LogP contribution in [0.3, 0.4) is 0 Å². The highest BCUT2D eigenvalue weighted by molar-refractivity contribution is 6.33. The number of halogens is 1. The van der Waals surface area contributed by atoms with Gasteiger partial charge in [0.05, 0.1) is 23.3 Å². The van der Waals surface area contributed by atoms with Crippen LogP contribution in [-0.2, 0) is 9.63 Å². The van der Waals surface area contributed by atoms with Crippen molar-refractivity contribution in [2.75, 3.05) is 7.11 Å². The van der Waals surface area contributed by atoms with Crippen molar-refractivity contribution in [3.05, 3.63) is 76.0 Å². The lowest BCUT2D eigenvalue weighted by atomic mass is 10.1. The van der Waals surface area contributed by atoms with Gasteiger partial charge in [0.15, 0.2) is 11.7 Å². The van der Waals surface area contributed by atoms with Crippen LogP contribution < -0.4 is 9.47 Å². The molecule has 8 nitrogen and oxygen atoms in total. The van der Waals surface area contributed by atoms with Gasteiger partial charge < -0.3 is 14.3 Å². The van der Waals surface area contributed by atoms with E-state index in [1.807, 2.05) is 0 Å². The van der Waals surface area contributed by atoms with E-state index in [4.69, 9.17) is 31.3 Å². The van der Waals surface area contributed by atoms with Crippen LogP contribution in [0.4, 0.5) is 0 Å². The van der Waals surface area contributed by atoms with Crippen molar-refractivity contribution >= 4 is 41.2 Å². The van der Waals surface area contributed by atoms with Gasteiger partial charge >= 0.3 is 5.97 Å². The van der Waals surface area contributed by atoms with Crippen LogP contribution in [0.25, 0.3) is 6.08 Å². The molecule has 1 N–H and O–H groups in total. The number of carbonyl (C=O) groups is 2. The fourth-order valence-electron chi connectivity index (χ4n) is 2.97. The molecule has 2 heterocycles. The fraction of sp³-hybridized carbons (Fsp3) is 0.0909. The Morgan fingerprint density at radius 2 is 2.06 bits per heavy atom. The van der Waals surface area contributed by atoms with E-state index in [1.54, 1.807) is 43.3 Å². The summed E-state index contributed by atoms with van der Waals surface area (Å²) in [5.74, 6) is 0.200. The molecule has 0 atom stereocenters. The number of amides is 1. The van der Waals surface area contributed by atoms with Gasteiger partial charge in [-0.3, -0.25) is 10.2 Å². The van der Waals surface area contributed by atoms with Gasteiger partial charge in [-0.1, -0.05) is 23.7 Å². The Bertz CT molecular complexity index is 1220. The van der Waals surface area contributed by atoms with Crippen LogP contribution in [-0.4, -0.2) is 35.7 Å². The molecule has 1 amide bonds. The number of nitrogens with one attached hydrogen (secondary N) is 1. The molecule has 0 radical (unpaired) electrons. The molecule has 31 heavy (non-hydrogen) atoms. The molecule has 0 fully saturated rings. The van der Waals surface area contributed by atoms with E-state index in [-0.39, 0.29) is 28.0 Å². The zero-order valence-electron chi connectivity index (χ0n) is 16.5. The lowest BCUT2D eigenvalue weighted by Crippen LogP contribution is -2.38. The molecule has 0 spiro atoms. The van der Waals surface area contributed by atoms with Crippen LogP contribution in [0.2, 0.25) is 5.02 Å². The molecule has 2 aliphatic heterocycles. The van der Waals surface area contributed by atoms with E-state index in [1.165, 1.54) is 30.4 Å². The number of aliphatic imine (C=N–C) groups is 1. The second-order valence-electron chi connectivity index (χ2n) is 6.63. The molecule has 2 aliphatic rings. The number of hydrogen-bond acceptors (Lipinski definition) is 6. The molecule has 0 unspecified atom stereocenters. The van der Waals surface area contributed by atoms with Crippen molar-refractivity contribution in [2.24, 2.45) is 4.99 Å². The quantitative estimate of drug-likeness (QED) is 0.440. The maximum Gasteiger partial charge on any atom is 0.343 e. The molecule has 0 saturated heterocycles. The van der Waals surface area contributed by atoms with Crippen molar-refractivity contribution in [3.63, 3.8) is 0 Å². The first-order valence-electron chi connectivity index (χ1n) is 9.11. The van der Waals surface area contributed by atoms with E-state index >= 15 is 0 Å². The monoisotopic (exact) mass is 437 g/mol. The number of carbonyl (C=O) groups excluding carboxylic acids is 2. The van der Waals surface area contributed by atoms with E-state index in [2.05, 4.69) is 4.99 Å². The molecule has 2 aromatic carbocycles. The largest absolute Gasteiger partial charge is 0.497 e. The Morgan fingerprint density at radius 3 is 2.81 bits per heavy atom. The number of rotatable bonds is 4. The van der Waals surface area contributed by atoms with Gasteiger partial charge in [0.1, 0.15) is 17.3 Å². The first kappa shape index (κ1) is 20.4. The van der Waals surface area contributed by atoms with Crippen LogP contribution in [0.5, 0.6) is 11.5 Å². The molecule has 0 aliphatic carbocycles. The Morgan fingerprint density at radius 1 is 1.26 bits per heavy atom. The first-order valence-corrected chi connectivity index (χ1v) is 9.49. The maximum atomic E-state index is 12.4. The number of fused-ring (bicyclic) bond motifs is 1. The number of esters is 1. The molecule has 156 valence electrons. The predicted molar refractivity (Wildman–Crippen MR) is 114 cm³/mol. The molecule has 0 bridgehead atoms. The number of nitrogens with zero attached hydrogens (tertiary/aromatic N) is 2. The number of benzene rings is 2. The Labute approximate surface area is 182 Å².